The van der Waals surface area contributed by atoms with Crippen molar-refractivity contribution < 1.29 is 14.6 Å². The number of amides is 1. The van der Waals surface area contributed by atoms with Gasteiger partial charge in [0.1, 0.15) is 0 Å². The predicted octanol–water partition coefficient (Wildman–Crippen LogP) is -0.644. The Balaban J connectivity index is 3.62. The summed E-state index contributed by atoms with van der Waals surface area (Å²) in [7, 11) is 1.61. The Morgan fingerprint density at radius 1 is 1.47 bits per heavy atom. The zero-order valence-corrected chi connectivity index (χ0v) is 9.75. The van der Waals surface area contributed by atoms with Crippen LogP contribution >= 0.6 is 0 Å². The average molecular weight is 218 g/mol. The number of carbonyl (C=O) groups excluding carboxylic acids is 1. The first kappa shape index (κ1) is 14.3. The second-order valence-electron chi connectivity index (χ2n) is 3.77. The highest BCUT2D eigenvalue weighted by Gasteiger charge is 2.14. The molecule has 0 aromatic heterocycles. The molecule has 1 amide bonds. The zero-order chi connectivity index (χ0) is 11.7. The van der Waals surface area contributed by atoms with Crippen LogP contribution in [-0.2, 0) is 9.53 Å². The minimum absolute atomic E-state index is 0.0263. The lowest BCUT2D eigenvalue weighted by Gasteiger charge is -2.19. The Morgan fingerprint density at radius 2 is 2.13 bits per heavy atom. The van der Waals surface area contributed by atoms with Crippen molar-refractivity contribution in [2.45, 2.75) is 19.9 Å². The molecule has 5 heteroatoms. The van der Waals surface area contributed by atoms with E-state index in [1.165, 1.54) is 0 Å². The molecule has 0 radical (unpaired) electrons. The molecule has 3 N–H and O–H groups in total. The van der Waals surface area contributed by atoms with Crippen molar-refractivity contribution in [2.24, 2.45) is 5.92 Å². The topological polar surface area (TPSA) is 70.6 Å². The molecule has 1 atom stereocenters. The van der Waals surface area contributed by atoms with Gasteiger partial charge in [0, 0.05) is 13.7 Å². The molecular formula is C10H22N2O3. The SMILES string of the molecule is COCCNCC(=O)NC(CO)C(C)C. The van der Waals surface area contributed by atoms with Crippen LogP contribution in [-0.4, -0.2) is 50.5 Å². The summed E-state index contributed by atoms with van der Waals surface area (Å²) >= 11 is 0. The van der Waals surface area contributed by atoms with Gasteiger partial charge in [-0.3, -0.25) is 4.79 Å². The number of nitrogens with one attached hydrogen (secondary N) is 2. The summed E-state index contributed by atoms with van der Waals surface area (Å²) in [4.78, 5) is 11.4. The Kier molecular flexibility index (Phi) is 8.27. The molecule has 0 fully saturated rings. The number of ether oxygens (including phenoxy) is 1. The molecule has 90 valence electrons. The molecule has 0 spiro atoms. The van der Waals surface area contributed by atoms with Crippen molar-refractivity contribution in [1.29, 1.82) is 0 Å². The summed E-state index contributed by atoms with van der Waals surface area (Å²) in [5, 5.41) is 14.7. The highest BCUT2D eigenvalue weighted by molar-refractivity contribution is 5.78. The molecule has 0 saturated carbocycles. The molecule has 0 aliphatic rings. The van der Waals surface area contributed by atoms with Crippen molar-refractivity contribution in [3.8, 4) is 0 Å². The lowest BCUT2D eigenvalue weighted by atomic mass is 10.1. The van der Waals surface area contributed by atoms with E-state index in [2.05, 4.69) is 10.6 Å². The van der Waals surface area contributed by atoms with Crippen LogP contribution in [0.1, 0.15) is 13.8 Å². The highest BCUT2D eigenvalue weighted by Crippen LogP contribution is 1.99. The molecule has 0 aliphatic carbocycles. The Morgan fingerprint density at radius 3 is 2.60 bits per heavy atom. The van der Waals surface area contributed by atoms with Crippen molar-refractivity contribution in [3.05, 3.63) is 0 Å². The number of carbonyl (C=O) groups is 1. The second-order valence-corrected chi connectivity index (χ2v) is 3.77. The molecule has 0 rings (SSSR count). The third kappa shape index (κ3) is 7.30. The Hall–Kier alpha value is -0.650. The van der Waals surface area contributed by atoms with Gasteiger partial charge in [-0.05, 0) is 5.92 Å². The van der Waals surface area contributed by atoms with Crippen LogP contribution in [0.15, 0.2) is 0 Å². The molecule has 0 saturated heterocycles. The van der Waals surface area contributed by atoms with Crippen molar-refractivity contribution in [1.82, 2.24) is 10.6 Å². The predicted molar refractivity (Wildman–Crippen MR) is 58.6 cm³/mol. The number of hydrogen-bond donors (Lipinski definition) is 3. The maximum absolute atomic E-state index is 11.4. The van der Waals surface area contributed by atoms with Crippen LogP contribution in [0.4, 0.5) is 0 Å². The summed E-state index contributed by atoms with van der Waals surface area (Å²) < 4.78 is 4.83. The molecule has 0 aliphatic heterocycles. The first-order valence-electron chi connectivity index (χ1n) is 5.21. The molecule has 5 nitrogen and oxygen atoms in total. The van der Waals surface area contributed by atoms with E-state index in [0.717, 1.165) is 0 Å². The maximum Gasteiger partial charge on any atom is 0.234 e. The minimum atomic E-state index is -0.165. The minimum Gasteiger partial charge on any atom is -0.394 e. The van der Waals surface area contributed by atoms with Gasteiger partial charge in [0.15, 0.2) is 0 Å². The first-order chi connectivity index (χ1) is 7.11. The van der Waals surface area contributed by atoms with Crippen LogP contribution in [0.3, 0.4) is 0 Å². The van der Waals surface area contributed by atoms with E-state index in [0.29, 0.717) is 13.2 Å². The zero-order valence-electron chi connectivity index (χ0n) is 9.75. The Labute approximate surface area is 91.2 Å². The normalized spacial score (nSPS) is 12.9. The van der Waals surface area contributed by atoms with Gasteiger partial charge in [-0.2, -0.15) is 0 Å². The van der Waals surface area contributed by atoms with Gasteiger partial charge in [-0.25, -0.2) is 0 Å². The quantitative estimate of drug-likeness (QED) is 0.474. The van der Waals surface area contributed by atoms with Crippen LogP contribution in [0.2, 0.25) is 0 Å². The van der Waals surface area contributed by atoms with Crippen molar-refractivity contribution in [3.63, 3.8) is 0 Å². The van der Waals surface area contributed by atoms with Crippen LogP contribution in [0, 0.1) is 5.92 Å². The van der Waals surface area contributed by atoms with E-state index in [9.17, 15) is 4.79 Å². The maximum atomic E-state index is 11.4. The molecule has 0 aromatic rings. The molecular weight excluding hydrogens is 196 g/mol. The van der Waals surface area contributed by atoms with Gasteiger partial charge in [0.2, 0.25) is 5.91 Å². The van der Waals surface area contributed by atoms with Crippen LogP contribution < -0.4 is 10.6 Å². The van der Waals surface area contributed by atoms with Gasteiger partial charge in [-0.1, -0.05) is 13.8 Å². The van der Waals surface area contributed by atoms with E-state index in [1.807, 2.05) is 13.8 Å². The molecule has 0 heterocycles. The number of methoxy groups -OCH3 is 1. The van der Waals surface area contributed by atoms with E-state index in [1.54, 1.807) is 7.11 Å². The highest BCUT2D eigenvalue weighted by atomic mass is 16.5. The van der Waals surface area contributed by atoms with Gasteiger partial charge < -0.3 is 20.5 Å². The summed E-state index contributed by atoms with van der Waals surface area (Å²) in [5.41, 5.74) is 0. The molecule has 15 heavy (non-hydrogen) atoms. The monoisotopic (exact) mass is 218 g/mol. The second kappa shape index (κ2) is 8.64. The van der Waals surface area contributed by atoms with E-state index >= 15 is 0 Å². The van der Waals surface area contributed by atoms with Gasteiger partial charge >= 0.3 is 0 Å². The standard InChI is InChI=1S/C10H22N2O3/c1-8(2)9(7-13)12-10(14)6-11-4-5-15-3/h8-9,11,13H,4-7H2,1-3H3,(H,12,14). The summed E-state index contributed by atoms with van der Waals surface area (Å²) in [6, 6.07) is -0.165. The van der Waals surface area contributed by atoms with E-state index < -0.39 is 0 Å². The fourth-order valence-electron chi connectivity index (χ4n) is 1.06. The number of aliphatic hydroxyl groups excluding tert-OH is 1. The smallest absolute Gasteiger partial charge is 0.234 e. The van der Waals surface area contributed by atoms with E-state index in [-0.39, 0.29) is 31.0 Å². The van der Waals surface area contributed by atoms with Gasteiger partial charge in [0.25, 0.3) is 0 Å². The lowest BCUT2D eigenvalue weighted by molar-refractivity contribution is -0.121. The van der Waals surface area contributed by atoms with Gasteiger partial charge in [-0.15, -0.1) is 0 Å². The third-order valence-electron chi connectivity index (χ3n) is 2.12. The van der Waals surface area contributed by atoms with Crippen LogP contribution in [0.25, 0.3) is 0 Å². The number of rotatable bonds is 8. The fourth-order valence-corrected chi connectivity index (χ4v) is 1.06. The average Bonchev–Trinajstić information content (AvgIpc) is 2.20. The van der Waals surface area contributed by atoms with Crippen molar-refractivity contribution in [2.75, 3.05) is 33.4 Å². The van der Waals surface area contributed by atoms with Crippen molar-refractivity contribution >= 4 is 5.91 Å². The first-order valence-corrected chi connectivity index (χ1v) is 5.21. The lowest BCUT2D eigenvalue weighted by Crippen LogP contribution is -2.45. The number of hydrogen-bond acceptors (Lipinski definition) is 4. The summed E-state index contributed by atoms with van der Waals surface area (Å²) in [6.45, 7) is 5.38. The fraction of sp³-hybridized carbons (Fsp3) is 0.900. The molecule has 0 aromatic carbocycles. The third-order valence-corrected chi connectivity index (χ3v) is 2.12. The van der Waals surface area contributed by atoms with Gasteiger partial charge in [0.05, 0.1) is 25.8 Å². The molecule has 1 unspecified atom stereocenters. The summed E-state index contributed by atoms with van der Waals surface area (Å²) in [5.74, 6) is 0.136. The largest absolute Gasteiger partial charge is 0.394 e. The molecule has 0 bridgehead atoms. The Bertz CT molecular complexity index is 174. The van der Waals surface area contributed by atoms with Crippen LogP contribution in [0.5, 0.6) is 0 Å². The number of aliphatic hydroxyl groups is 1. The van der Waals surface area contributed by atoms with E-state index in [4.69, 9.17) is 9.84 Å². The summed E-state index contributed by atoms with van der Waals surface area (Å²) in [6.07, 6.45) is 0.